The third-order valence-corrected chi connectivity index (χ3v) is 5.40. The van der Waals surface area contributed by atoms with E-state index in [2.05, 4.69) is 0 Å². The van der Waals surface area contributed by atoms with Gasteiger partial charge in [0, 0.05) is 0 Å². The maximum atomic E-state index is 12.7. The van der Waals surface area contributed by atoms with Gasteiger partial charge in [-0.25, -0.2) is 4.79 Å². The fourth-order valence-corrected chi connectivity index (χ4v) is 4.61. The van der Waals surface area contributed by atoms with Crippen molar-refractivity contribution in [3.63, 3.8) is 0 Å². The molecule has 5 atom stereocenters. The largest absolute Gasteiger partial charge is 0.464 e. The average molecular weight is 293 g/mol. The van der Waals surface area contributed by atoms with Crippen molar-refractivity contribution in [1.29, 1.82) is 0 Å². The van der Waals surface area contributed by atoms with E-state index in [9.17, 15) is 14.4 Å². The molecule has 116 valence electrons. The normalized spacial score (nSPS) is 35.5. The maximum absolute atomic E-state index is 12.7. The van der Waals surface area contributed by atoms with Gasteiger partial charge in [0.1, 0.15) is 6.04 Å². The lowest BCUT2D eigenvalue weighted by atomic mass is 9.81. The summed E-state index contributed by atoms with van der Waals surface area (Å²) < 4.78 is 5.08. The summed E-state index contributed by atoms with van der Waals surface area (Å²) in [4.78, 5) is 38.9. The summed E-state index contributed by atoms with van der Waals surface area (Å²) in [7, 11) is 0. The Morgan fingerprint density at radius 3 is 2.14 bits per heavy atom. The topological polar surface area (TPSA) is 63.7 Å². The Labute approximate surface area is 125 Å². The number of carbonyl (C=O) groups is 3. The first-order valence-corrected chi connectivity index (χ1v) is 8.00. The second-order valence-corrected chi connectivity index (χ2v) is 6.87. The molecule has 0 spiro atoms. The van der Waals surface area contributed by atoms with Crippen LogP contribution in [0.2, 0.25) is 0 Å². The summed E-state index contributed by atoms with van der Waals surface area (Å²) in [6.07, 6.45) is 3.10. The van der Waals surface area contributed by atoms with Gasteiger partial charge in [0.15, 0.2) is 0 Å². The molecule has 0 aromatic rings. The summed E-state index contributed by atoms with van der Waals surface area (Å²) in [5, 5.41) is 0. The van der Waals surface area contributed by atoms with Crippen LogP contribution in [0.5, 0.6) is 0 Å². The van der Waals surface area contributed by atoms with E-state index in [1.54, 1.807) is 6.92 Å². The lowest BCUT2D eigenvalue weighted by molar-refractivity contribution is -0.161. The Bertz CT molecular complexity index is 459. The van der Waals surface area contributed by atoms with Gasteiger partial charge in [0.25, 0.3) is 0 Å². The predicted octanol–water partition coefficient (Wildman–Crippen LogP) is 1.61. The fourth-order valence-electron chi connectivity index (χ4n) is 4.61. The molecule has 1 heterocycles. The van der Waals surface area contributed by atoms with Crippen molar-refractivity contribution in [2.24, 2.45) is 29.6 Å². The zero-order chi connectivity index (χ0) is 15.3. The molecule has 1 aliphatic heterocycles. The van der Waals surface area contributed by atoms with Crippen molar-refractivity contribution < 1.29 is 19.1 Å². The van der Waals surface area contributed by atoms with Crippen LogP contribution in [0.4, 0.5) is 0 Å². The summed E-state index contributed by atoms with van der Waals surface area (Å²) in [5.74, 6) is -0.519. The molecule has 21 heavy (non-hydrogen) atoms. The van der Waals surface area contributed by atoms with Crippen LogP contribution in [0, 0.1) is 29.6 Å². The first-order valence-electron chi connectivity index (χ1n) is 8.00. The number of imide groups is 1. The third kappa shape index (κ3) is 2.00. The van der Waals surface area contributed by atoms with E-state index in [0.717, 1.165) is 19.3 Å². The molecule has 0 aromatic carbocycles. The van der Waals surface area contributed by atoms with Crippen LogP contribution in [0.3, 0.4) is 0 Å². The van der Waals surface area contributed by atoms with Gasteiger partial charge in [-0.2, -0.15) is 0 Å². The van der Waals surface area contributed by atoms with Gasteiger partial charge in [0.05, 0.1) is 18.4 Å². The summed E-state index contributed by atoms with van der Waals surface area (Å²) >= 11 is 0. The minimum absolute atomic E-state index is 0.131. The lowest BCUT2D eigenvalue weighted by Gasteiger charge is -2.28. The van der Waals surface area contributed by atoms with Gasteiger partial charge in [-0.05, 0) is 43.9 Å². The smallest absolute Gasteiger partial charge is 0.329 e. The molecule has 0 aromatic heterocycles. The van der Waals surface area contributed by atoms with Crippen molar-refractivity contribution >= 4 is 17.8 Å². The second-order valence-electron chi connectivity index (χ2n) is 6.87. The van der Waals surface area contributed by atoms with Crippen molar-refractivity contribution in [1.82, 2.24) is 4.90 Å². The molecule has 0 unspecified atom stereocenters. The van der Waals surface area contributed by atoms with Gasteiger partial charge in [-0.1, -0.05) is 13.8 Å². The first kappa shape index (κ1) is 14.5. The molecule has 3 fully saturated rings. The van der Waals surface area contributed by atoms with Crippen molar-refractivity contribution in [2.45, 2.75) is 46.1 Å². The van der Waals surface area contributed by atoms with Crippen LogP contribution in [-0.2, 0) is 19.1 Å². The van der Waals surface area contributed by atoms with Crippen LogP contribution in [0.1, 0.15) is 40.0 Å². The molecule has 2 amide bonds. The molecule has 5 nitrogen and oxygen atoms in total. The number of nitrogens with zero attached hydrogens (tertiary/aromatic N) is 1. The SMILES string of the molecule is CCOC(=O)[C@@H](C(C)C)N1C(=O)[C@H]2[C@H]3CC[C@@H](C3)[C@@H]2C1=O. The minimum Gasteiger partial charge on any atom is -0.464 e. The van der Waals surface area contributed by atoms with Crippen LogP contribution in [0.15, 0.2) is 0 Å². The zero-order valence-electron chi connectivity index (χ0n) is 12.9. The van der Waals surface area contributed by atoms with E-state index in [1.807, 2.05) is 13.8 Å². The van der Waals surface area contributed by atoms with Crippen molar-refractivity contribution in [2.75, 3.05) is 6.61 Å². The predicted molar refractivity (Wildman–Crippen MR) is 74.9 cm³/mol. The molecule has 0 radical (unpaired) electrons. The number of amides is 2. The van der Waals surface area contributed by atoms with Gasteiger partial charge in [-0.15, -0.1) is 0 Å². The molecular weight excluding hydrogens is 270 g/mol. The van der Waals surface area contributed by atoms with Gasteiger partial charge in [-0.3, -0.25) is 14.5 Å². The highest BCUT2D eigenvalue weighted by atomic mass is 16.5. The summed E-state index contributed by atoms with van der Waals surface area (Å²) in [6.45, 7) is 5.70. The summed E-state index contributed by atoms with van der Waals surface area (Å²) in [6, 6.07) is -0.769. The van der Waals surface area contributed by atoms with Crippen LogP contribution < -0.4 is 0 Å². The second kappa shape index (κ2) is 5.11. The van der Waals surface area contributed by atoms with Crippen LogP contribution >= 0.6 is 0 Å². The maximum Gasteiger partial charge on any atom is 0.329 e. The zero-order valence-corrected chi connectivity index (χ0v) is 12.9. The highest BCUT2D eigenvalue weighted by Gasteiger charge is 2.62. The van der Waals surface area contributed by atoms with Gasteiger partial charge in [0.2, 0.25) is 11.8 Å². The van der Waals surface area contributed by atoms with Gasteiger partial charge < -0.3 is 4.74 Å². The van der Waals surface area contributed by atoms with E-state index in [1.165, 1.54) is 4.90 Å². The molecule has 0 N–H and O–H groups in total. The first-order chi connectivity index (χ1) is 9.97. The highest BCUT2D eigenvalue weighted by molar-refractivity contribution is 6.08. The molecule has 5 heteroatoms. The van der Waals surface area contributed by atoms with E-state index >= 15 is 0 Å². The molecular formula is C16H23NO4. The van der Waals surface area contributed by atoms with Crippen molar-refractivity contribution in [3.8, 4) is 0 Å². The van der Waals surface area contributed by atoms with E-state index in [4.69, 9.17) is 4.74 Å². The molecule has 2 bridgehead atoms. The fraction of sp³-hybridized carbons (Fsp3) is 0.812. The number of ether oxygens (including phenoxy) is 1. The van der Waals surface area contributed by atoms with E-state index in [-0.39, 0.29) is 36.2 Å². The van der Waals surface area contributed by atoms with Crippen LogP contribution in [0.25, 0.3) is 0 Å². The summed E-state index contributed by atoms with van der Waals surface area (Å²) in [5.41, 5.74) is 0. The highest BCUT2D eigenvalue weighted by Crippen LogP contribution is 2.56. The number of fused-ring (bicyclic) bond motifs is 5. The van der Waals surface area contributed by atoms with Gasteiger partial charge >= 0.3 is 5.97 Å². The Kier molecular flexibility index (Phi) is 3.54. The third-order valence-electron chi connectivity index (χ3n) is 5.40. The quantitative estimate of drug-likeness (QED) is 0.583. The Morgan fingerprint density at radius 2 is 1.71 bits per heavy atom. The molecule has 2 aliphatic carbocycles. The standard InChI is InChI=1S/C16H23NO4/c1-4-21-16(20)13(8(2)3)17-14(18)11-9-5-6-10(7-9)12(11)15(17)19/h8-13H,4-7H2,1-3H3/t9-,10-,11-,12-,13+/m0/s1. The lowest BCUT2D eigenvalue weighted by Crippen LogP contribution is -2.49. The Balaban J connectivity index is 1.89. The average Bonchev–Trinajstić information content (AvgIpc) is 3.08. The minimum atomic E-state index is -0.769. The number of esters is 1. The number of hydrogen-bond acceptors (Lipinski definition) is 4. The molecule has 1 saturated heterocycles. The molecule has 3 rings (SSSR count). The number of hydrogen-bond donors (Lipinski definition) is 0. The van der Waals surface area contributed by atoms with Crippen molar-refractivity contribution in [3.05, 3.63) is 0 Å². The van der Waals surface area contributed by atoms with E-state index in [0.29, 0.717) is 11.8 Å². The number of carbonyl (C=O) groups excluding carboxylic acids is 3. The monoisotopic (exact) mass is 293 g/mol. The number of rotatable bonds is 4. The number of likely N-dealkylation sites (tertiary alicyclic amines) is 1. The molecule has 2 saturated carbocycles. The Morgan fingerprint density at radius 1 is 1.19 bits per heavy atom. The Hall–Kier alpha value is -1.39. The van der Waals surface area contributed by atoms with E-state index < -0.39 is 12.0 Å². The molecule has 3 aliphatic rings. The van der Waals surface area contributed by atoms with Crippen LogP contribution in [-0.4, -0.2) is 35.3 Å².